The fourth-order valence-electron chi connectivity index (χ4n) is 1.92. The molecule has 5 heteroatoms. The molecule has 0 amide bonds. The number of rotatable bonds is 5. The summed E-state index contributed by atoms with van der Waals surface area (Å²) < 4.78 is 5.73. The van der Waals surface area contributed by atoms with Crippen molar-refractivity contribution in [3.05, 3.63) is 63.7 Å². The number of anilines is 1. The van der Waals surface area contributed by atoms with Crippen LogP contribution in [0.5, 0.6) is 5.75 Å². The van der Waals surface area contributed by atoms with Crippen LogP contribution in [0.25, 0.3) is 0 Å². The molecule has 0 bridgehead atoms. The van der Waals surface area contributed by atoms with Crippen molar-refractivity contribution in [2.24, 2.45) is 0 Å². The minimum atomic E-state index is -0.442. The zero-order chi connectivity index (χ0) is 14.5. The first-order chi connectivity index (χ1) is 9.61. The van der Waals surface area contributed by atoms with Gasteiger partial charge in [-0.2, -0.15) is 0 Å². The molecule has 0 aliphatic heterocycles. The van der Waals surface area contributed by atoms with Crippen molar-refractivity contribution in [1.29, 1.82) is 0 Å². The van der Waals surface area contributed by atoms with Crippen molar-refractivity contribution in [2.45, 2.75) is 20.0 Å². The summed E-state index contributed by atoms with van der Waals surface area (Å²) in [5.41, 5.74) is 8.04. The van der Waals surface area contributed by atoms with Gasteiger partial charge < -0.3 is 10.5 Å². The van der Waals surface area contributed by atoms with Crippen LogP contribution in [0.3, 0.4) is 0 Å². The summed E-state index contributed by atoms with van der Waals surface area (Å²) in [6.07, 6.45) is 0.862. The Labute approximate surface area is 117 Å². The molecule has 5 nitrogen and oxygen atoms in total. The lowest BCUT2D eigenvalue weighted by Crippen LogP contribution is -2.02. The molecule has 2 aromatic carbocycles. The largest absolute Gasteiger partial charge is 0.489 e. The van der Waals surface area contributed by atoms with E-state index in [2.05, 4.69) is 0 Å². The number of nitro groups is 1. The van der Waals surface area contributed by atoms with Crippen molar-refractivity contribution in [1.82, 2.24) is 0 Å². The van der Waals surface area contributed by atoms with E-state index < -0.39 is 4.92 Å². The van der Waals surface area contributed by atoms with E-state index in [1.54, 1.807) is 0 Å². The standard InChI is InChI=1S/C15H16N2O3/c1-2-11-5-3-4-6-15(11)20-10-12-9-13(17(18)19)7-8-14(12)16/h3-9H,2,10,16H2,1H3. The molecule has 0 aromatic heterocycles. The average Bonchev–Trinajstić information content (AvgIpc) is 2.46. The summed E-state index contributed by atoms with van der Waals surface area (Å²) in [7, 11) is 0. The number of non-ortho nitro benzene ring substituents is 1. The minimum Gasteiger partial charge on any atom is -0.489 e. The van der Waals surface area contributed by atoms with E-state index in [0.29, 0.717) is 11.3 Å². The topological polar surface area (TPSA) is 78.4 Å². The second kappa shape index (κ2) is 6.06. The molecule has 0 atom stereocenters. The number of hydrogen-bond donors (Lipinski definition) is 1. The molecule has 20 heavy (non-hydrogen) atoms. The Balaban J connectivity index is 2.18. The van der Waals surface area contributed by atoms with E-state index in [1.807, 2.05) is 31.2 Å². The van der Waals surface area contributed by atoms with Gasteiger partial charge in [0.2, 0.25) is 0 Å². The predicted octanol–water partition coefficient (Wildman–Crippen LogP) is 3.32. The van der Waals surface area contributed by atoms with Crippen molar-refractivity contribution < 1.29 is 9.66 Å². The van der Waals surface area contributed by atoms with Crippen molar-refractivity contribution in [3.8, 4) is 5.75 Å². The highest BCUT2D eigenvalue weighted by atomic mass is 16.6. The van der Waals surface area contributed by atoms with E-state index in [1.165, 1.54) is 18.2 Å². The van der Waals surface area contributed by atoms with Crippen molar-refractivity contribution in [2.75, 3.05) is 5.73 Å². The van der Waals surface area contributed by atoms with E-state index in [9.17, 15) is 10.1 Å². The van der Waals surface area contributed by atoms with Crippen LogP contribution in [0, 0.1) is 10.1 Å². The van der Waals surface area contributed by atoms with Crippen LogP contribution in [0.15, 0.2) is 42.5 Å². The van der Waals surface area contributed by atoms with Gasteiger partial charge in [-0.1, -0.05) is 25.1 Å². The number of para-hydroxylation sites is 1. The van der Waals surface area contributed by atoms with Gasteiger partial charge in [0.05, 0.1) is 4.92 Å². The van der Waals surface area contributed by atoms with E-state index in [4.69, 9.17) is 10.5 Å². The van der Waals surface area contributed by atoms with Crippen molar-refractivity contribution in [3.63, 3.8) is 0 Å². The SMILES string of the molecule is CCc1ccccc1OCc1cc([N+](=O)[O-])ccc1N. The van der Waals surface area contributed by atoms with Crippen LogP contribution < -0.4 is 10.5 Å². The maximum Gasteiger partial charge on any atom is 0.269 e. The molecule has 0 saturated carbocycles. The van der Waals surface area contributed by atoms with Crippen LogP contribution in [0.2, 0.25) is 0 Å². The van der Waals surface area contributed by atoms with Gasteiger partial charge in [0.15, 0.2) is 0 Å². The fraction of sp³-hybridized carbons (Fsp3) is 0.200. The summed E-state index contributed by atoms with van der Waals surface area (Å²) in [4.78, 5) is 10.3. The lowest BCUT2D eigenvalue weighted by atomic mass is 10.1. The Hall–Kier alpha value is -2.56. The normalized spacial score (nSPS) is 10.2. The van der Waals surface area contributed by atoms with E-state index in [0.717, 1.165) is 17.7 Å². The highest BCUT2D eigenvalue weighted by Crippen LogP contribution is 2.23. The highest BCUT2D eigenvalue weighted by molar-refractivity contribution is 5.52. The number of nitrogens with two attached hydrogens (primary N) is 1. The summed E-state index contributed by atoms with van der Waals surface area (Å²) >= 11 is 0. The van der Waals surface area contributed by atoms with Crippen LogP contribution in [-0.4, -0.2) is 4.92 Å². The number of benzene rings is 2. The molecule has 0 saturated heterocycles. The molecule has 2 aromatic rings. The number of nitro benzene ring substituents is 1. The van der Waals surface area contributed by atoms with Crippen LogP contribution in [0.4, 0.5) is 11.4 Å². The quantitative estimate of drug-likeness (QED) is 0.514. The monoisotopic (exact) mass is 272 g/mol. The zero-order valence-electron chi connectivity index (χ0n) is 11.2. The second-order valence-electron chi connectivity index (χ2n) is 4.39. The number of hydrogen-bond acceptors (Lipinski definition) is 4. The number of nitrogen functional groups attached to an aromatic ring is 1. The Bertz CT molecular complexity index is 626. The molecule has 104 valence electrons. The summed E-state index contributed by atoms with van der Waals surface area (Å²) in [5.74, 6) is 0.779. The second-order valence-corrected chi connectivity index (χ2v) is 4.39. The third kappa shape index (κ3) is 3.06. The summed E-state index contributed by atoms with van der Waals surface area (Å²) in [6, 6.07) is 12.1. The minimum absolute atomic E-state index is 0.0153. The lowest BCUT2D eigenvalue weighted by Gasteiger charge is -2.11. The van der Waals surface area contributed by atoms with Gasteiger partial charge in [0.25, 0.3) is 5.69 Å². The third-order valence-electron chi connectivity index (χ3n) is 3.07. The molecule has 0 fully saturated rings. The zero-order valence-corrected chi connectivity index (χ0v) is 11.2. The highest BCUT2D eigenvalue weighted by Gasteiger charge is 2.10. The molecule has 0 aliphatic carbocycles. The Morgan fingerprint density at radius 2 is 1.95 bits per heavy atom. The van der Waals surface area contributed by atoms with Gasteiger partial charge >= 0.3 is 0 Å². The van der Waals surface area contributed by atoms with Gasteiger partial charge in [0, 0.05) is 23.4 Å². The molecule has 0 unspecified atom stereocenters. The molecule has 2 rings (SSSR count). The molecule has 0 aliphatic rings. The fourth-order valence-corrected chi connectivity index (χ4v) is 1.92. The first kappa shape index (κ1) is 13.9. The predicted molar refractivity (Wildman–Crippen MR) is 77.7 cm³/mol. The Kier molecular flexibility index (Phi) is 4.20. The molecule has 2 N–H and O–H groups in total. The van der Waals surface area contributed by atoms with Crippen LogP contribution in [0.1, 0.15) is 18.1 Å². The Morgan fingerprint density at radius 1 is 1.20 bits per heavy atom. The molecular formula is C15H16N2O3. The molecular weight excluding hydrogens is 256 g/mol. The maximum atomic E-state index is 10.8. The summed E-state index contributed by atoms with van der Waals surface area (Å²) in [5, 5.41) is 10.8. The smallest absolute Gasteiger partial charge is 0.269 e. The van der Waals surface area contributed by atoms with E-state index in [-0.39, 0.29) is 12.3 Å². The molecule has 0 heterocycles. The van der Waals surface area contributed by atoms with Gasteiger partial charge in [-0.05, 0) is 24.1 Å². The molecule has 0 radical (unpaired) electrons. The van der Waals surface area contributed by atoms with E-state index >= 15 is 0 Å². The number of nitrogens with zero attached hydrogens (tertiary/aromatic N) is 1. The van der Waals surface area contributed by atoms with Gasteiger partial charge in [0.1, 0.15) is 12.4 Å². The van der Waals surface area contributed by atoms with Gasteiger partial charge in [-0.3, -0.25) is 10.1 Å². The van der Waals surface area contributed by atoms with Gasteiger partial charge in [-0.25, -0.2) is 0 Å². The number of aryl methyl sites for hydroxylation is 1. The van der Waals surface area contributed by atoms with Crippen LogP contribution >= 0.6 is 0 Å². The lowest BCUT2D eigenvalue weighted by molar-refractivity contribution is -0.384. The first-order valence-corrected chi connectivity index (χ1v) is 6.35. The first-order valence-electron chi connectivity index (χ1n) is 6.35. The van der Waals surface area contributed by atoms with Gasteiger partial charge in [-0.15, -0.1) is 0 Å². The maximum absolute atomic E-state index is 10.8. The number of ether oxygens (including phenoxy) is 1. The van der Waals surface area contributed by atoms with Crippen LogP contribution in [-0.2, 0) is 13.0 Å². The third-order valence-corrected chi connectivity index (χ3v) is 3.07. The average molecular weight is 272 g/mol. The summed E-state index contributed by atoms with van der Waals surface area (Å²) in [6.45, 7) is 2.26. The molecule has 0 spiro atoms. The Morgan fingerprint density at radius 3 is 2.65 bits per heavy atom. The van der Waals surface area contributed by atoms with Crippen molar-refractivity contribution >= 4 is 11.4 Å².